The molecule has 1 N–H and O–H groups in total. The molecule has 0 aliphatic carbocycles. The van der Waals surface area contributed by atoms with Crippen LogP contribution in [0.25, 0.3) is 0 Å². The molecule has 1 fully saturated rings. The van der Waals surface area contributed by atoms with Crippen LogP contribution in [0.3, 0.4) is 0 Å². The van der Waals surface area contributed by atoms with Crippen molar-refractivity contribution in [3.63, 3.8) is 0 Å². The highest BCUT2D eigenvalue weighted by molar-refractivity contribution is 7.09. The highest BCUT2D eigenvalue weighted by atomic mass is 32.1. The molecule has 1 atom stereocenters. The molecule has 0 saturated carbocycles. The van der Waals surface area contributed by atoms with Crippen molar-refractivity contribution in [3.8, 4) is 0 Å². The van der Waals surface area contributed by atoms with Crippen LogP contribution in [0.1, 0.15) is 22.4 Å². The Hall–Kier alpha value is -1.51. The molecule has 0 unspecified atom stereocenters. The van der Waals surface area contributed by atoms with Gasteiger partial charge in [-0.05, 0) is 6.92 Å². The zero-order valence-electron chi connectivity index (χ0n) is 12.3. The summed E-state index contributed by atoms with van der Waals surface area (Å²) in [6, 6.07) is -0.150. The molecule has 1 aliphatic heterocycles. The Morgan fingerprint density at radius 1 is 1.55 bits per heavy atom. The van der Waals surface area contributed by atoms with E-state index in [0.717, 1.165) is 22.8 Å². The Balaban J connectivity index is 1.59. The van der Waals surface area contributed by atoms with Crippen LogP contribution in [0.2, 0.25) is 0 Å². The Bertz CT molecular complexity index is 614. The molecular formula is C14H18N4O2S2. The summed E-state index contributed by atoms with van der Waals surface area (Å²) in [5, 5.41) is 7.91. The monoisotopic (exact) mass is 338 g/mol. The lowest BCUT2D eigenvalue weighted by molar-refractivity contribution is 0.0116. The molecule has 0 bridgehead atoms. The topological polar surface area (TPSA) is 67.3 Å². The minimum absolute atomic E-state index is 0.0589. The normalized spacial score (nSPS) is 18.4. The zero-order chi connectivity index (χ0) is 15.4. The smallest absolute Gasteiger partial charge is 0.318 e. The maximum absolute atomic E-state index is 12.4. The summed E-state index contributed by atoms with van der Waals surface area (Å²) in [6.45, 7) is 4.21. The fourth-order valence-electron chi connectivity index (χ4n) is 2.34. The van der Waals surface area contributed by atoms with Gasteiger partial charge in [0, 0.05) is 36.0 Å². The van der Waals surface area contributed by atoms with Gasteiger partial charge in [0.05, 0.1) is 24.4 Å². The number of nitrogens with zero attached hydrogens (tertiary/aromatic N) is 3. The van der Waals surface area contributed by atoms with Gasteiger partial charge in [0.15, 0.2) is 0 Å². The van der Waals surface area contributed by atoms with Crippen LogP contribution in [0.15, 0.2) is 16.3 Å². The third kappa shape index (κ3) is 3.63. The predicted molar refractivity (Wildman–Crippen MR) is 86.3 cm³/mol. The van der Waals surface area contributed by atoms with Crippen LogP contribution >= 0.6 is 22.7 Å². The van der Waals surface area contributed by atoms with Gasteiger partial charge in [-0.3, -0.25) is 0 Å². The zero-order valence-corrected chi connectivity index (χ0v) is 14.0. The SMILES string of the molecule is Cc1csc([C@H]2COCCN2C(=O)NCCc2cscn2)n1. The van der Waals surface area contributed by atoms with E-state index in [2.05, 4.69) is 15.3 Å². The molecule has 0 spiro atoms. The predicted octanol–water partition coefficient (Wildman–Crippen LogP) is 2.23. The largest absolute Gasteiger partial charge is 0.377 e. The quantitative estimate of drug-likeness (QED) is 0.928. The number of thiazole rings is 2. The minimum Gasteiger partial charge on any atom is -0.377 e. The van der Waals surface area contributed by atoms with E-state index in [0.29, 0.717) is 26.3 Å². The van der Waals surface area contributed by atoms with E-state index in [9.17, 15) is 4.79 Å². The summed E-state index contributed by atoms with van der Waals surface area (Å²) in [7, 11) is 0. The highest BCUT2D eigenvalue weighted by Gasteiger charge is 2.30. The van der Waals surface area contributed by atoms with Crippen LogP contribution in [0.5, 0.6) is 0 Å². The van der Waals surface area contributed by atoms with Crippen molar-refractivity contribution in [1.29, 1.82) is 0 Å². The van der Waals surface area contributed by atoms with Crippen molar-refractivity contribution in [2.45, 2.75) is 19.4 Å². The Kier molecular flexibility index (Phi) is 5.01. The van der Waals surface area contributed by atoms with Gasteiger partial charge >= 0.3 is 6.03 Å². The van der Waals surface area contributed by atoms with Crippen molar-refractivity contribution in [2.24, 2.45) is 0 Å². The summed E-state index contributed by atoms with van der Waals surface area (Å²) in [5.74, 6) is 0. The highest BCUT2D eigenvalue weighted by Crippen LogP contribution is 2.26. The lowest BCUT2D eigenvalue weighted by atomic mass is 10.2. The first-order valence-corrected chi connectivity index (χ1v) is 8.97. The average molecular weight is 338 g/mol. The fraction of sp³-hybridized carbons (Fsp3) is 0.500. The van der Waals surface area contributed by atoms with Gasteiger partial charge < -0.3 is 15.0 Å². The number of aromatic nitrogens is 2. The standard InChI is InChI=1S/C14H18N4O2S2/c1-10-7-22-13(17-10)12-6-20-5-4-18(12)14(19)15-3-2-11-8-21-9-16-11/h7-9,12H,2-6H2,1H3,(H,15,19)/t12-/m1/s1. The van der Waals surface area contributed by atoms with Gasteiger partial charge in [0.1, 0.15) is 11.0 Å². The maximum Gasteiger partial charge on any atom is 0.318 e. The number of ether oxygens (including phenoxy) is 1. The molecule has 6 nitrogen and oxygen atoms in total. The molecule has 3 rings (SSSR count). The molecule has 2 aromatic heterocycles. The molecule has 22 heavy (non-hydrogen) atoms. The molecule has 1 aliphatic rings. The first kappa shape index (κ1) is 15.4. The molecule has 2 amide bonds. The number of hydrogen-bond acceptors (Lipinski definition) is 6. The summed E-state index contributed by atoms with van der Waals surface area (Å²) in [6.07, 6.45) is 0.751. The molecule has 0 aromatic carbocycles. The number of urea groups is 1. The maximum atomic E-state index is 12.4. The van der Waals surface area contributed by atoms with Gasteiger partial charge in [-0.2, -0.15) is 0 Å². The molecule has 0 radical (unpaired) electrons. The number of carbonyl (C=O) groups is 1. The first-order valence-electron chi connectivity index (χ1n) is 7.15. The van der Waals surface area contributed by atoms with E-state index >= 15 is 0 Å². The molecule has 118 valence electrons. The van der Waals surface area contributed by atoms with Crippen LogP contribution in [-0.2, 0) is 11.2 Å². The van der Waals surface area contributed by atoms with Crippen LogP contribution < -0.4 is 5.32 Å². The van der Waals surface area contributed by atoms with Gasteiger partial charge in [-0.1, -0.05) is 0 Å². The number of hydrogen-bond donors (Lipinski definition) is 1. The van der Waals surface area contributed by atoms with Crippen LogP contribution in [0, 0.1) is 6.92 Å². The molecule has 3 heterocycles. The fourth-order valence-corrected chi connectivity index (χ4v) is 3.82. The minimum atomic E-state index is -0.0910. The number of nitrogens with one attached hydrogen (secondary N) is 1. The summed E-state index contributed by atoms with van der Waals surface area (Å²) >= 11 is 3.15. The van der Waals surface area contributed by atoms with E-state index in [-0.39, 0.29) is 12.1 Å². The van der Waals surface area contributed by atoms with Gasteiger partial charge in [0.2, 0.25) is 0 Å². The van der Waals surface area contributed by atoms with Crippen molar-refractivity contribution >= 4 is 28.7 Å². The van der Waals surface area contributed by atoms with E-state index in [4.69, 9.17) is 4.74 Å². The Labute approximate surface area is 137 Å². The molecule has 2 aromatic rings. The summed E-state index contributed by atoms with van der Waals surface area (Å²) < 4.78 is 5.53. The third-order valence-electron chi connectivity index (χ3n) is 3.45. The van der Waals surface area contributed by atoms with Crippen LogP contribution in [0.4, 0.5) is 4.79 Å². The Morgan fingerprint density at radius 3 is 3.18 bits per heavy atom. The first-order chi connectivity index (χ1) is 10.7. The number of carbonyl (C=O) groups excluding carboxylic acids is 1. The number of morpholine rings is 1. The Morgan fingerprint density at radius 2 is 2.45 bits per heavy atom. The number of rotatable bonds is 4. The van der Waals surface area contributed by atoms with Crippen molar-refractivity contribution < 1.29 is 9.53 Å². The second-order valence-electron chi connectivity index (χ2n) is 5.07. The lowest BCUT2D eigenvalue weighted by Crippen LogP contribution is -2.48. The summed E-state index contributed by atoms with van der Waals surface area (Å²) in [4.78, 5) is 23.0. The van der Waals surface area contributed by atoms with E-state index in [1.54, 1.807) is 28.2 Å². The van der Waals surface area contributed by atoms with Crippen molar-refractivity contribution in [1.82, 2.24) is 20.2 Å². The van der Waals surface area contributed by atoms with Crippen LogP contribution in [-0.4, -0.2) is 47.2 Å². The van der Waals surface area contributed by atoms with E-state index in [1.165, 1.54) is 0 Å². The second kappa shape index (κ2) is 7.17. The summed E-state index contributed by atoms with van der Waals surface area (Å²) in [5.41, 5.74) is 3.80. The number of aryl methyl sites for hydroxylation is 1. The van der Waals surface area contributed by atoms with E-state index < -0.39 is 0 Å². The van der Waals surface area contributed by atoms with Gasteiger partial charge in [0.25, 0.3) is 0 Å². The molecule has 8 heteroatoms. The second-order valence-corrected chi connectivity index (χ2v) is 6.68. The van der Waals surface area contributed by atoms with Gasteiger partial charge in [-0.15, -0.1) is 22.7 Å². The third-order valence-corrected chi connectivity index (χ3v) is 5.15. The van der Waals surface area contributed by atoms with Gasteiger partial charge in [-0.25, -0.2) is 14.8 Å². The number of amides is 2. The lowest BCUT2D eigenvalue weighted by Gasteiger charge is -2.34. The van der Waals surface area contributed by atoms with Crippen molar-refractivity contribution in [3.05, 3.63) is 32.7 Å². The van der Waals surface area contributed by atoms with E-state index in [1.807, 2.05) is 22.6 Å². The molecule has 1 saturated heterocycles. The molecular weight excluding hydrogens is 320 g/mol. The average Bonchev–Trinajstić information content (AvgIpc) is 3.19. The van der Waals surface area contributed by atoms with Crippen molar-refractivity contribution in [2.75, 3.05) is 26.3 Å².